The Morgan fingerprint density at radius 1 is 1.10 bits per heavy atom. The van der Waals surface area contributed by atoms with Crippen LogP contribution < -0.4 is 10.6 Å². The molecule has 2 amide bonds. The maximum atomic E-state index is 13.0. The molecule has 0 atom stereocenters. The summed E-state index contributed by atoms with van der Waals surface area (Å²) >= 11 is 0. The topological polar surface area (TPSA) is 41.1 Å². The van der Waals surface area contributed by atoms with Gasteiger partial charge in [-0.25, -0.2) is 13.6 Å². The zero-order chi connectivity index (χ0) is 14.5. The highest BCUT2D eigenvalue weighted by molar-refractivity contribution is 5.89. The molecule has 0 aliphatic carbocycles. The van der Waals surface area contributed by atoms with Crippen molar-refractivity contribution in [3.63, 3.8) is 0 Å². The van der Waals surface area contributed by atoms with Gasteiger partial charge in [-0.15, -0.1) is 0 Å². The SMILES string of the molecule is Cc1cccc(CNC(=O)Nc2cc(F)cc(F)c2)c1. The van der Waals surface area contributed by atoms with E-state index in [2.05, 4.69) is 10.6 Å². The minimum Gasteiger partial charge on any atom is -0.334 e. The molecule has 0 saturated heterocycles. The van der Waals surface area contributed by atoms with Crippen molar-refractivity contribution in [1.82, 2.24) is 5.32 Å². The fraction of sp³-hybridized carbons (Fsp3) is 0.133. The molecule has 0 radical (unpaired) electrons. The highest BCUT2D eigenvalue weighted by Crippen LogP contribution is 2.12. The monoisotopic (exact) mass is 276 g/mol. The maximum Gasteiger partial charge on any atom is 0.319 e. The van der Waals surface area contributed by atoms with Crippen LogP contribution in [-0.2, 0) is 6.54 Å². The third-order valence-corrected chi connectivity index (χ3v) is 2.66. The largest absolute Gasteiger partial charge is 0.334 e. The van der Waals surface area contributed by atoms with E-state index in [4.69, 9.17) is 0 Å². The van der Waals surface area contributed by atoms with Gasteiger partial charge in [0.2, 0.25) is 0 Å². The molecule has 2 aromatic rings. The van der Waals surface area contributed by atoms with Crippen molar-refractivity contribution in [3.05, 3.63) is 65.2 Å². The van der Waals surface area contributed by atoms with Crippen molar-refractivity contribution in [2.45, 2.75) is 13.5 Å². The van der Waals surface area contributed by atoms with Crippen LogP contribution in [0.25, 0.3) is 0 Å². The molecule has 0 aromatic heterocycles. The Kier molecular flexibility index (Phi) is 4.30. The first kappa shape index (κ1) is 14.0. The molecule has 5 heteroatoms. The molecule has 0 bridgehead atoms. The Labute approximate surface area is 115 Å². The fourth-order valence-corrected chi connectivity index (χ4v) is 1.81. The summed E-state index contributed by atoms with van der Waals surface area (Å²) in [6.45, 7) is 2.30. The number of urea groups is 1. The zero-order valence-corrected chi connectivity index (χ0v) is 10.9. The van der Waals surface area contributed by atoms with E-state index < -0.39 is 17.7 Å². The molecule has 2 aromatic carbocycles. The number of aryl methyl sites for hydroxylation is 1. The number of carbonyl (C=O) groups excluding carboxylic acids is 1. The number of hydrogen-bond donors (Lipinski definition) is 2. The summed E-state index contributed by atoms with van der Waals surface area (Å²) in [6, 6.07) is 10.0. The highest BCUT2D eigenvalue weighted by Gasteiger charge is 2.05. The van der Waals surface area contributed by atoms with E-state index in [-0.39, 0.29) is 5.69 Å². The minimum atomic E-state index is -0.737. The van der Waals surface area contributed by atoms with Crippen LogP contribution in [0.1, 0.15) is 11.1 Å². The number of rotatable bonds is 3. The predicted octanol–water partition coefficient (Wildman–Crippen LogP) is 3.59. The molecule has 0 fully saturated rings. The van der Waals surface area contributed by atoms with Crippen molar-refractivity contribution in [1.29, 1.82) is 0 Å². The van der Waals surface area contributed by atoms with Gasteiger partial charge in [0.15, 0.2) is 0 Å². The van der Waals surface area contributed by atoms with Crippen LogP contribution in [0.4, 0.5) is 19.3 Å². The van der Waals surface area contributed by atoms with Gasteiger partial charge >= 0.3 is 6.03 Å². The Morgan fingerprint density at radius 2 is 1.80 bits per heavy atom. The Balaban J connectivity index is 1.92. The van der Waals surface area contributed by atoms with Gasteiger partial charge in [0.1, 0.15) is 11.6 Å². The lowest BCUT2D eigenvalue weighted by Crippen LogP contribution is -2.28. The molecule has 2 rings (SSSR count). The average Bonchev–Trinajstić information content (AvgIpc) is 2.35. The number of benzene rings is 2. The first-order valence-corrected chi connectivity index (χ1v) is 6.09. The van der Waals surface area contributed by atoms with Crippen molar-refractivity contribution in [2.75, 3.05) is 5.32 Å². The second-order valence-electron chi connectivity index (χ2n) is 4.45. The fourth-order valence-electron chi connectivity index (χ4n) is 1.81. The molecule has 104 valence electrons. The lowest BCUT2D eigenvalue weighted by molar-refractivity contribution is 0.251. The van der Waals surface area contributed by atoms with Crippen LogP contribution in [-0.4, -0.2) is 6.03 Å². The summed E-state index contributed by atoms with van der Waals surface area (Å²) in [5.74, 6) is -1.47. The van der Waals surface area contributed by atoms with Gasteiger partial charge < -0.3 is 10.6 Å². The standard InChI is InChI=1S/C15H14F2N2O/c1-10-3-2-4-11(5-10)9-18-15(20)19-14-7-12(16)6-13(17)8-14/h2-8H,9H2,1H3,(H2,18,19,20). The van der Waals surface area contributed by atoms with E-state index in [1.165, 1.54) is 0 Å². The Hall–Kier alpha value is -2.43. The van der Waals surface area contributed by atoms with Crippen LogP contribution in [0.2, 0.25) is 0 Å². The smallest absolute Gasteiger partial charge is 0.319 e. The number of nitrogens with one attached hydrogen (secondary N) is 2. The van der Waals surface area contributed by atoms with Crippen molar-refractivity contribution < 1.29 is 13.6 Å². The molecule has 20 heavy (non-hydrogen) atoms. The van der Waals surface area contributed by atoms with E-state index in [9.17, 15) is 13.6 Å². The Bertz CT molecular complexity index is 609. The average molecular weight is 276 g/mol. The van der Waals surface area contributed by atoms with Gasteiger partial charge in [0, 0.05) is 18.3 Å². The van der Waals surface area contributed by atoms with Crippen molar-refractivity contribution in [3.8, 4) is 0 Å². The second-order valence-corrected chi connectivity index (χ2v) is 4.45. The van der Waals surface area contributed by atoms with Gasteiger partial charge in [-0.05, 0) is 24.6 Å². The maximum absolute atomic E-state index is 13.0. The van der Waals surface area contributed by atoms with Crippen LogP contribution in [0.3, 0.4) is 0 Å². The van der Waals surface area contributed by atoms with Crippen LogP contribution in [0.5, 0.6) is 0 Å². The van der Waals surface area contributed by atoms with E-state index in [1.54, 1.807) is 0 Å². The van der Waals surface area contributed by atoms with Crippen LogP contribution >= 0.6 is 0 Å². The Morgan fingerprint density at radius 3 is 2.45 bits per heavy atom. The zero-order valence-electron chi connectivity index (χ0n) is 10.9. The molecule has 3 nitrogen and oxygen atoms in total. The highest BCUT2D eigenvalue weighted by atomic mass is 19.1. The first-order valence-electron chi connectivity index (χ1n) is 6.09. The number of amides is 2. The summed E-state index contributed by atoms with van der Waals surface area (Å²) in [4.78, 5) is 11.6. The molecule has 0 unspecified atom stereocenters. The number of carbonyl (C=O) groups is 1. The van der Waals surface area contributed by atoms with Gasteiger partial charge in [-0.1, -0.05) is 29.8 Å². The minimum absolute atomic E-state index is 0.0734. The third-order valence-electron chi connectivity index (χ3n) is 2.66. The number of anilines is 1. The lowest BCUT2D eigenvalue weighted by Gasteiger charge is -2.08. The summed E-state index contributed by atoms with van der Waals surface area (Å²) in [5, 5.41) is 5.00. The molecular weight excluding hydrogens is 262 g/mol. The summed E-state index contributed by atoms with van der Waals surface area (Å²) in [7, 11) is 0. The summed E-state index contributed by atoms with van der Waals surface area (Å²) in [5.41, 5.74) is 2.12. The lowest BCUT2D eigenvalue weighted by atomic mass is 10.1. The molecule has 2 N–H and O–H groups in total. The third kappa shape index (κ3) is 4.05. The first-order chi connectivity index (χ1) is 9.52. The number of halogens is 2. The van der Waals surface area contributed by atoms with Crippen LogP contribution in [0, 0.1) is 18.6 Å². The molecule has 0 aliphatic heterocycles. The molecule has 0 heterocycles. The predicted molar refractivity (Wildman–Crippen MR) is 73.4 cm³/mol. The van der Waals surface area contributed by atoms with Gasteiger partial charge in [-0.2, -0.15) is 0 Å². The second kappa shape index (κ2) is 6.14. The summed E-state index contributed by atoms with van der Waals surface area (Å²) < 4.78 is 25.9. The van der Waals surface area contributed by atoms with E-state index >= 15 is 0 Å². The van der Waals surface area contributed by atoms with Gasteiger partial charge in [0.05, 0.1) is 0 Å². The van der Waals surface area contributed by atoms with Crippen LogP contribution in [0.15, 0.2) is 42.5 Å². The number of hydrogen-bond acceptors (Lipinski definition) is 1. The van der Waals surface area contributed by atoms with Gasteiger partial charge in [-0.3, -0.25) is 0 Å². The summed E-state index contributed by atoms with van der Waals surface area (Å²) in [6.07, 6.45) is 0. The molecule has 0 aliphatic rings. The van der Waals surface area contributed by atoms with Gasteiger partial charge in [0.25, 0.3) is 0 Å². The molecule has 0 saturated carbocycles. The van der Waals surface area contributed by atoms with E-state index in [0.717, 1.165) is 29.3 Å². The quantitative estimate of drug-likeness (QED) is 0.883. The van der Waals surface area contributed by atoms with Crippen molar-refractivity contribution >= 4 is 11.7 Å². The molecular formula is C15H14F2N2O. The normalized spacial score (nSPS) is 10.2. The van der Waals surface area contributed by atoms with Crippen molar-refractivity contribution in [2.24, 2.45) is 0 Å². The van der Waals surface area contributed by atoms with E-state index in [1.807, 2.05) is 31.2 Å². The van der Waals surface area contributed by atoms with E-state index in [0.29, 0.717) is 6.54 Å². The molecule has 0 spiro atoms.